The predicted octanol–water partition coefficient (Wildman–Crippen LogP) is 1.48. The second kappa shape index (κ2) is 5.95. The predicted molar refractivity (Wildman–Crippen MR) is 76.0 cm³/mol. The molecule has 0 spiro atoms. The Morgan fingerprint density at radius 2 is 2.00 bits per heavy atom. The van der Waals surface area contributed by atoms with Crippen LogP contribution in [0.15, 0.2) is 41.6 Å². The third-order valence-corrected chi connectivity index (χ3v) is 2.87. The number of rotatable bonds is 4. The van der Waals surface area contributed by atoms with Gasteiger partial charge in [-0.2, -0.15) is 10.2 Å². The number of aryl methyl sites for hydroxylation is 1. The van der Waals surface area contributed by atoms with E-state index in [1.165, 1.54) is 23.0 Å². The number of amides is 1. The van der Waals surface area contributed by atoms with Crippen molar-refractivity contribution in [3.63, 3.8) is 0 Å². The van der Waals surface area contributed by atoms with Crippen molar-refractivity contribution < 1.29 is 9.72 Å². The van der Waals surface area contributed by atoms with Crippen molar-refractivity contribution in [3.8, 4) is 0 Å². The molecule has 1 N–H and O–H groups in total. The highest BCUT2D eigenvalue weighted by Gasteiger charge is 2.09. The van der Waals surface area contributed by atoms with E-state index >= 15 is 0 Å². The van der Waals surface area contributed by atoms with Gasteiger partial charge in [0.05, 0.1) is 10.6 Å². The Hall–Kier alpha value is -3.03. The van der Waals surface area contributed by atoms with Crippen LogP contribution in [0.1, 0.15) is 23.0 Å². The van der Waals surface area contributed by atoms with Gasteiger partial charge in [0, 0.05) is 25.4 Å². The number of nitrogens with zero attached hydrogens (tertiary/aromatic N) is 4. The van der Waals surface area contributed by atoms with E-state index < -0.39 is 4.92 Å². The monoisotopic (exact) mass is 287 g/mol. The third kappa shape index (κ3) is 3.30. The highest BCUT2D eigenvalue weighted by Crippen LogP contribution is 2.12. The first-order valence-corrected chi connectivity index (χ1v) is 6.06. The SMILES string of the molecule is C/C(=N/NC(=O)c1ccnn1C)c1ccc([N+](=O)[O-])cc1. The molecule has 0 aliphatic rings. The van der Waals surface area contributed by atoms with Crippen LogP contribution in [0, 0.1) is 10.1 Å². The zero-order valence-corrected chi connectivity index (χ0v) is 11.5. The Balaban J connectivity index is 2.09. The summed E-state index contributed by atoms with van der Waals surface area (Å²) in [5.41, 5.74) is 4.03. The lowest BCUT2D eigenvalue weighted by Gasteiger charge is -2.03. The summed E-state index contributed by atoms with van der Waals surface area (Å²) in [6.07, 6.45) is 1.52. The maximum Gasteiger partial charge on any atom is 0.289 e. The molecule has 0 aliphatic carbocycles. The highest BCUT2D eigenvalue weighted by atomic mass is 16.6. The molecule has 0 fully saturated rings. The minimum Gasteiger partial charge on any atom is -0.266 e. The van der Waals surface area contributed by atoms with E-state index in [9.17, 15) is 14.9 Å². The number of aromatic nitrogens is 2. The molecule has 21 heavy (non-hydrogen) atoms. The third-order valence-electron chi connectivity index (χ3n) is 2.87. The van der Waals surface area contributed by atoms with Crippen molar-refractivity contribution >= 4 is 17.3 Å². The van der Waals surface area contributed by atoms with Gasteiger partial charge in [-0.3, -0.25) is 19.6 Å². The van der Waals surface area contributed by atoms with Crippen molar-refractivity contribution in [2.45, 2.75) is 6.92 Å². The van der Waals surface area contributed by atoms with Gasteiger partial charge in [0.25, 0.3) is 11.6 Å². The van der Waals surface area contributed by atoms with Crippen molar-refractivity contribution in [1.29, 1.82) is 0 Å². The average Bonchev–Trinajstić information content (AvgIpc) is 2.90. The molecule has 0 saturated heterocycles. The minimum absolute atomic E-state index is 0.00507. The van der Waals surface area contributed by atoms with Crippen LogP contribution < -0.4 is 5.43 Å². The number of hydrogen-bond donors (Lipinski definition) is 1. The van der Waals surface area contributed by atoms with Gasteiger partial charge in [0.15, 0.2) is 0 Å². The number of benzene rings is 1. The van der Waals surface area contributed by atoms with Crippen LogP contribution in [0.3, 0.4) is 0 Å². The number of carbonyl (C=O) groups excluding carboxylic acids is 1. The first-order chi connectivity index (χ1) is 9.99. The van der Waals surface area contributed by atoms with E-state index in [1.807, 2.05) is 0 Å². The van der Waals surface area contributed by atoms with Crippen LogP contribution in [0.2, 0.25) is 0 Å². The summed E-state index contributed by atoms with van der Waals surface area (Å²) in [4.78, 5) is 21.9. The molecule has 2 rings (SSSR count). The quantitative estimate of drug-likeness (QED) is 0.522. The molecule has 0 aliphatic heterocycles. The fraction of sp³-hybridized carbons (Fsp3) is 0.154. The number of hydrogen-bond acceptors (Lipinski definition) is 5. The topological polar surface area (TPSA) is 102 Å². The van der Waals surface area contributed by atoms with Crippen molar-refractivity contribution in [2.75, 3.05) is 0 Å². The Kier molecular flexibility index (Phi) is 4.07. The second-order valence-electron chi connectivity index (χ2n) is 4.28. The van der Waals surface area contributed by atoms with Crippen LogP contribution in [0.4, 0.5) is 5.69 Å². The van der Waals surface area contributed by atoms with Gasteiger partial charge >= 0.3 is 0 Å². The van der Waals surface area contributed by atoms with Gasteiger partial charge in [-0.15, -0.1) is 0 Å². The van der Waals surface area contributed by atoms with Crippen molar-refractivity contribution in [2.24, 2.45) is 12.1 Å². The molecule has 1 aromatic carbocycles. The maximum atomic E-state index is 11.8. The molecule has 1 heterocycles. The Morgan fingerprint density at radius 1 is 1.33 bits per heavy atom. The van der Waals surface area contributed by atoms with Gasteiger partial charge < -0.3 is 0 Å². The summed E-state index contributed by atoms with van der Waals surface area (Å²) >= 11 is 0. The number of hydrazone groups is 1. The summed E-state index contributed by atoms with van der Waals surface area (Å²) in [7, 11) is 1.65. The zero-order chi connectivity index (χ0) is 15.4. The van der Waals surface area contributed by atoms with Crippen LogP contribution in [-0.2, 0) is 7.05 Å². The van der Waals surface area contributed by atoms with Gasteiger partial charge in [-0.25, -0.2) is 5.43 Å². The summed E-state index contributed by atoms with van der Waals surface area (Å²) in [6, 6.07) is 7.50. The fourth-order valence-electron chi connectivity index (χ4n) is 1.68. The van der Waals surface area contributed by atoms with Gasteiger partial charge in [0.2, 0.25) is 0 Å². The minimum atomic E-state index is -0.472. The molecule has 0 saturated carbocycles. The lowest BCUT2D eigenvalue weighted by Crippen LogP contribution is -2.22. The van der Waals surface area contributed by atoms with Gasteiger partial charge in [-0.1, -0.05) is 0 Å². The van der Waals surface area contributed by atoms with Gasteiger partial charge in [0.1, 0.15) is 5.69 Å². The molecule has 8 nitrogen and oxygen atoms in total. The van der Waals surface area contributed by atoms with Crippen LogP contribution in [0.25, 0.3) is 0 Å². The van der Waals surface area contributed by atoms with Crippen LogP contribution in [0.5, 0.6) is 0 Å². The summed E-state index contributed by atoms with van der Waals surface area (Å²) < 4.78 is 1.44. The second-order valence-corrected chi connectivity index (χ2v) is 4.28. The molecule has 1 amide bonds. The molecule has 0 radical (unpaired) electrons. The van der Waals surface area contributed by atoms with Crippen LogP contribution >= 0.6 is 0 Å². The number of nitrogens with one attached hydrogen (secondary N) is 1. The first-order valence-electron chi connectivity index (χ1n) is 6.06. The summed E-state index contributed by atoms with van der Waals surface area (Å²) in [6.45, 7) is 1.70. The lowest BCUT2D eigenvalue weighted by molar-refractivity contribution is -0.384. The number of nitro benzene ring substituents is 1. The lowest BCUT2D eigenvalue weighted by atomic mass is 10.1. The first kappa shape index (κ1) is 14.4. The van der Waals surface area contributed by atoms with Crippen molar-refractivity contribution in [1.82, 2.24) is 15.2 Å². The number of nitro groups is 1. The van der Waals surface area contributed by atoms with E-state index in [0.29, 0.717) is 17.0 Å². The average molecular weight is 287 g/mol. The van der Waals surface area contributed by atoms with E-state index in [-0.39, 0.29) is 11.6 Å². The standard InChI is InChI=1S/C13H13N5O3/c1-9(10-3-5-11(6-4-10)18(20)21)15-16-13(19)12-7-8-14-17(12)2/h3-8H,1-2H3,(H,16,19)/b15-9-. The molecule has 1 aromatic heterocycles. The van der Waals surface area contributed by atoms with Gasteiger partial charge in [-0.05, 0) is 30.7 Å². The summed E-state index contributed by atoms with van der Waals surface area (Å²) in [5.74, 6) is -0.378. The Bertz CT molecular complexity index is 703. The zero-order valence-electron chi connectivity index (χ0n) is 11.5. The van der Waals surface area contributed by atoms with E-state index in [1.54, 1.807) is 32.2 Å². The normalized spacial score (nSPS) is 11.2. The van der Waals surface area contributed by atoms with E-state index in [4.69, 9.17) is 0 Å². The molecule has 8 heteroatoms. The molecule has 0 bridgehead atoms. The highest BCUT2D eigenvalue weighted by molar-refractivity contribution is 6.00. The van der Waals surface area contributed by atoms with Crippen LogP contribution in [-0.4, -0.2) is 26.3 Å². The maximum absolute atomic E-state index is 11.8. The Labute approximate surface area is 120 Å². The van der Waals surface area contributed by atoms with E-state index in [2.05, 4.69) is 15.6 Å². The number of non-ortho nitro benzene ring substituents is 1. The largest absolute Gasteiger partial charge is 0.289 e. The van der Waals surface area contributed by atoms with E-state index in [0.717, 1.165) is 0 Å². The smallest absolute Gasteiger partial charge is 0.266 e. The molecule has 108 valence electrons. The molecule has 0 atom stereocenters. The molecule has 2 aromatic rings. The molecular weight excluding hydrogens is 274 g/mol. The van der Waals surface area contributed by atoms with Crippen molar-refractivity contribution in [3.05, 3.63) is 57.9 Å². The fourth-order valence-corrected chi connectivity index (χ4v) is 1.68. The Morgan fingerprint density at radius 3 is 2.52 bits per heavy atom. The number of carbonyl (C=O) groups is 1. The molecular formula is C13H13N5O3. The molecule has 0 unspecified atom stereocenters. The summed E-state index contributed by atoms with van der Waals surface area (Å²) in [5, 5.41) is 18.4.